The lowest BCUT2D eigenvalue weighted by molar-refractivity contribution is 0.100. The van der Waals surface area contributed by atoms with Gasteiger partial charge in [-0.25, -0.2) is 9.97 Å². The summed E-state index contributed by atoms with van der Waals surface area (Å²) in [5, 5.41) is 9.19. The summed E-state index contributed by atoms with van der Waals surface area (Å²) < 4.78 is 0. The average molecular weight is 312 g/mol. The van der Waals surface area contributed by atoms with Crippen LogP contribution in [0.25, 0.3) is 11.4 Å². The molecule has 23 heavy (non-hydrogen) atoms. The number of aromatic nitrogens is 2. The molecule has 1 saturated heterocycles. The topological polar surface area (TPSA) is 92.3 Å². The summed E-state index contributed by atoms with van der Waals surface area (Å²) in [5.41, 5.74) is 7.50. The Kier molecular flexibility index (Phi) is 4.64. The lowest BCUT2D eigenvalue weighted by atomic mass is 10.1. The number of nitrogens with zero attached hydrogens (tertiary/aromatic N) is 3. The van der Waals surface area contributed by atoms with Crippen molar-refractivity contribution in [2.24, 2.45) is 5.73 Å². The number of carbonyl (C=O) groups is 1. The van der Waals surface area contributed by atoms with Gasteiger partial charge in [-0.1, -0.05) is 12.1 Å². The molecule has 1 aliphatic heterocycles. The molecule has 0 bridgehead atoms. The van der Waals surface area contributed by atoms with Crippen LogP contribution in [0.4, 0.5) is 0 Å². The van der Waals surface area contributed by atoms with E-state index in [2.05, 4.69) is 14.9 Å². The maximum absolute atomic E-state index is 11.3. The third-order valence-corrected chi connectivity index (χ3v) is 4.17. The molecular weight excluding hydrogens is 292 g/mol. The number of β-amino-alcohol motifs (C(OH)–C–C–N with tert-alkyl or cyclic N) is 1. The lowest BCUT2D eigenvalue weighted by Crippen LogP contribution is -2.27. The van der Waals surface area contributed by atoms with Gasteiger partial charge >= 0.3 is 0 Å². The Balaban J connectivity index is 1.91. The molecular formula is C17H20N4O2. The molecule has 0 aliphatic carbocycles. The van der Waals surface area contributed by atoms with E-state index in [1.807, 2.05) is 12.1 Å². The highest BCUT2D eigenvalue weighted by Gasteiger charge is 2.26. The van der Waals surface area contributed by atoms with E-state index < -0.39 is 5.91 Å². The van der Waals surface area contributed by atoms with Gasteiger partial charge in [-0.15, -0.1) is 0 Å². The van der Waals surface area contributed by atoms with Gasteiger partial charge in [-0.2, -0.15) is 0 Å². The number of amides is 1. The van der Waals surface area contributed by atoms with Crippen LogP contribution in [-0.2, 0) is 0 Å². The van der Waals surface area contributed by atoms with Crippen LogP contribution in [0, 0.1) is 0 Å². The Bertz CT molecular complexity index is 704. The smallest absolute Gasteiger partial charge is 0.248 e. The molecule has 6 heteroatoms. The lowest BCUT2D eigenvalue weighted by Gasteiger charge is -2.23. The first kappa shape index (κ1) is 15.6. The fourth-order valence-corrected chi connectivity index (χ4v) is 3.07. The first-order chi connectivity index (χ1) is 11.2. The van der Waals surface area contributed by atoms with E-state index in [0.29, 0.717) is 17.9 Å². The average Bonchev–Trinajstić information content (AvgIpc) is 3.04. The highest BCUT2D eigenvalue weighted by molar-refractivity contribution is 5.93. The number of rotatable bonds is 5. The zero-order chi connectivity index (χ0) is 16.2. The third kappa shape index (κ3) is 3.38. The summed E-state index contributed by atoms with van der Waals surface area (Å²) in [6, 6.07) is 9.16. The molecule has 1 fully saturated rings. The number of primary amides is 1. The fraction of sp³-hybridized carbons (Fsp3) is 0.353. The van der Waals surface area contributed by atoms with Gasteiger partial charge in [0.25, 0.3) is 0 Å². The molecule has 1 aliphatic rings. The summed E-state index contributed by atoms with van der Waals surface area (Å²) in [6.45, 7) is 1.78. The predicted molar refractivity (Wildman–Crippen MR) is 86.6 cm³/mol. The van der Waals surface area contributed by atoms with Crippen LogP contribution in [-0.4, -0.2) is 45.6 Å². The monoisotopic (exact) mass is 312 g/mol. The van der Waals surface area contributed by atoms with E-state index >= 15 is 0 Å². The van der Waals surface area contributed by atoms with Crippen LogP contribution < -0.4 is 5.73 Å². The first-order valence-electron chi connectivity index (χ1n) is 7.77. The fourth-order valence-electron chi connectivity index (χ4n) is 3.07. The predicted octanol–water partition coefficient (Wildman–Crippen LogP) is 1.37. The van der Waals surface area contributed by atoms with E-state index in [1.54, 1.807) is 24.4 Å². The van der Waals surface area contributed by atoms with Gasteiger partial charge in [0.2, 0.25) is 5.91 Å². The molecule has 1 amide bonds. The van der Waals surface area contributed by atoms with Crippen molar-refractivity contribution in [1.82, 2.24) is 14.9 Å². The molecule has 0 spiro atoms. The quantitative estimate of drug-likeness (QED) is 0.870. The summed E-state index contributed by atoms with van der Waals surface area (Å²) >= 11 is 0. The Morgan fingerprint density at radius 1 is 1.39 bits per heavy atom. The number of hydrogen-bond donors (Lipinski definition) is 2. The minimum Gasteiger partial charge on any atom is -0.395 e. The zero-order valence-electron chi connectivity index (χ0n) is 12.9. The Morgan fingerprint density at radius 2 is 2.26 bits per heavy atom. The van der Waals surface area contributed by atoms with Crippen molar-refractivity contribution >= 4 is 5.91 Å². The number of aliphatic hydroxyl groups is 1. The van der Waals surface area contributed by atoms with E-state index in [4.69, 9.17) is 5.73 Å². The van der Waals surface area contributed by atoms with Crippen LogP contribution >= 0.6 is 0 Å². The number of carbonyl (C=O) groups excluding carboxylic acids is 1. The van der Waals surface area contributed by atoms with E-state index in [0.717, 1.165) is 30.6 Å². The number of aliphatic hydroxyl groups excluding tert-OH is 1. The maximum Gasteiger partial charge on any atom is 0.248 e. The summed E-state index contributed by atoms with van der Waals surface area (Å²) in [5.74, 6) is 0.120. The summed E-state index contributed by atoms with van der Waals surface area (Å²) in [7, 11) is 0. The van der Waals surface area contributed by atoms with Crippen molar-refractivity contribution in [3.05, 3.63) is 47.8 Å². The largest absolute Gasteiger partial charge is 0.395 e. The second kappa shape index (κ2) is 6.85. The van der Waals surface area contributed by atoms with Crippen LogP contribution in [0.2, 0.25) is 0 Å². The molecule has 2 heterocycles. The normalized spacial score (nSPS) is 18.2. The standard InChI is InChI=1S/C17H20N4O2/c18-16(23)12-3-1-4-13(11-12)17-19-7-6-14(20-17)15-5-2-8-21(15)9-10-22/h1,3-4,6-7,11,15,22H,2,5,8-10H2,(H2,18,23). The van der Waals surface area contributed by atoms with Gasteiger partial charge < -0.3 is 10.8 Å². The van der Waals surface area contributed by atoms with Gasteiger partial charge in [0.05, 0.1) is 18.3 Å². The van der Waals surface area contributed by atoms with Gasteiger partial charge in [0.1, 0.15) is 0 Å². The number of nitrogens with two attached hydrogens (primary N) is 1. The van der Waals surface area contributed by atoms with Crippen molar-refractivity contribution in [2.45, 2.75) is 18.9 Å². The van der Waals surface area contributed by atoms with Crippen LogP contribution in [0.3, 0.4) is 0 Å². The SMILES string of the molecule is NC(=O)c1cccc(-c2nccc(C3CCCN3CCO)n2)c1. The molecule has 3 rings (SSSR count). The highest BCUT2D eigenvalue weighted by atomic mass is 16.3. The molecule has 6 nitrogen and oxygen atoms in total. The third-order valence-electron chi connectivity index (χ3n) is 4.17. The molecule has 3 N–H and O–H groups in total. The molecule has 1 aromatic heterocycles. The number of benzene rings is 1. The van der Waals surface area contributed by atoms with Gasteiger partial charge in [0, 0.05) is 23.9 Å². The van der Waals surface area contributed by atoms with Crippen LogP contribution in [0.1, 0.15) is 34.9 Å². The van der Waals surface area contributed by atoms with Gasteiger partial charge in [-0.05, 0) is 37.6 Å². The van der Waals surface area contributed by atoms with Gasteiger partial charge in [0.15, 0.2) is 5.82 Å². The molecule has 120 valence electrons. The molecule has 1 unspecified atom stereocenters. The Labute approximate surface area is 135 Å². The van der Waals surface area contributed by atoms with Crippen molar-refractivity contribution in [3.63, 3.8) is 0 Å². The van der Waals surface area contributed by atoms with Crippen molar-refractivity contribution in [1.29, 1.82) is 0 Å². The van der Waals surface area contributed by atoms with Crippen molar-refractivity contribution < 1.29 is 9.90 Å². The minimum atomic E-state index is -0.465. The van der Waals surface area contributed by atoms with Crippen molar-refractivity contribution in [3.8, 4) is 11.4 Å². The minimum absolute atomic E-state index is 0.148. The first-order valence-corrected chi connectivity index (χ1v) is 7.77. The Hall–Kier alpha value is -2.31. The van der Waals surface area contributed by atoms with Gasteiger partial charge in [-0.3, -0.25) is 9.69 Å². The molecule has 1 atom stereocenters. The molecule has 0 radical (unpaired) electrons. The number of hydrogen-bond acceptors (Lipinski definition) is 5. The Morgan fingerprint density at radius 3 is 3.04 bits per heavy atom. The number of likely N-dealkylation sites (tertiary alicyclic amines) is 1. The van der Waals surface area contributed by atoms with Crippen LogP contribution in [0.15, 0.2) is 36.5 Å². The van der Waals surface area contributed by atoms with E-state index in [1.165, 1.54) is 0 Å². The molecule has 2 aromatic rings. The van der Waals surface area contributed by atoms with E-state index in [-0.39, 0.29) is 12.6 Å². The summed E-state index contributed by atoms with van der Waals surface area (Å²) in [6.07, 6.45) is 3.86. The highest BCUT2D eigenvalue weighted by Crippen LogP contribution is 2.31. The van der Waals surface area contributed by atoms with Crippen LogP contribution in [0.5, 0.6) is 0 Å². The van der Waals surface area contributed by atoms with Crippen molar-refractivity contribution in [2.75, 3.05) is 19.7 Å². The zero-order valence-corrected chi connectivity index (χ0v) is 12.9. The van der Waals surface area contributed by atoms with E-state index in [9.17, 15) is 9.90 Å². The maximum atomic E-state index is 11.3. The summed E-state index contributed by atoms with van der Waals surface area (Å²) in [4.78, 5) is 22.6. The molecule has 0 saturated carbocycles. The second-order valence-electron chi connectivity index (χ2n) is 5.67. The second-order valence-corrected chi connectivity index (χ2v) is 5.67. The molecule has 1 aromatic carbocycles.